The van der Waals surface area contributed by atoms with Gasteiger partial charge in [0, 0.05) is 12.3 Å². The van der Waals surface area contributed by atoms with Crippen molar-refractivity contribution in [1.82, 2.24) is 0 Å². The Morgan fingerprint density at radius 3 is 2.21 bits per heavy atom. The van der Waals surface area contributed by atoms with Gasteiger partial charge in [0.05, 0.1) is 18.3 Å². The molecule has 1 N–H and O–H groups in total. The van der Waals surface area contributed by atoms with Gasteiger partial charge >= 0.3 is 0 Å². The summed E-state index contributed by atoms with van der Waals surface area (Å²) < 4.78 is 20.4. The van der Waals surface area contributed by atoms with Crippen LogP contribution >= 0.6 is 0 Å². The molecule has 5 rings (SSSR count). The molecule has 4 aliphatic carbocycles. The molecule has 0 spiro atoms. The van der Waals surface area contributed by atoms with Crippen molar-refractivity contribution >= 4 is 14.1 Å². The summed E-state index contributed by atoms with van der Waals surface area (Å²) in [6.45, 7) is 20.6. The van der Waals surface area contributed by atoms with Gasteiger partial charge in [-0.3, -0.25) is 4.79 Å². The van der Waals surface area contributed by atoms with Crippen LogP contribution in [-0.4, -0.2) is 49.4 Å². The molecule has 1 saturated heterocycles. The van der Waals surface area contributed by atoms with Crippen molar-refractivity contribution in [3.8, 4) is 0 Å². The standard InChI is InChI=1S/C28H48O5Si/c1-25(2,3)34(8,9)33-21-11-10-16-22-17(12-13-27(16,21)6)28(7)15-20(30)19(29)14-18(28)23-24(22)32-26(4,5)31-23/h16-18,20-24,30H,10-15H2,1-9H3/t16?,17?,18?,20?,21?,22?,23?,24?,27-,28+/m0/s1. The molecule has 10 atom stereocenters. The summed E-state index contributed by atoms with van der Waals surface area (Å²) >= 11 is 0. The third-order valence-electron chi connectivity index (χ3n) is 11.5. The van der Waals surface area contributed by atoms with Gasteiger partial charge in [-0.25, -0.2) is 0 Å². The topological polar surface area (TPSA) is 65.0 Å². The van der Waals surface area contributed by atoms with Crippen molar-refractivity contribution in [3.63, 3.8) is 0 Å². The van der Waals surface area contributed by atoms with Crippen LogP contribution in [0.15, 0.2) is 0 Å². The fourth-order valence-corrected chi connectivity index (χ4v) is 10.2. The lowest BCUT2D eigenvalue weighted by atomic mass is 9.43. The molecule has 0 aromatic rings. The summed E-state index contributed by atoms with van der Waals surface area (Å²) in [7, 11) is -1.87. The number of hydrogen-bond donors (Lipinski definition) is 1. The van der Waals surface area contributed by atoms with Crippen molar-refractivity contribution in [1.29, 1.82) is 0 Å². The summed E-state index contributed by atoms with van der Waals surface area (Å²) in [4.78, 5) is 12.6. The number of Topliss-reactive ketones (excluding diaryl/α,β-unsaturated/α-hetero) is 1. The summed E-state index contributed by atoms with van der Waals surface area (Å²) in [5.74, 6) is 0.842. The molecule has 5 fully saturated rings. The van der Waals surface area contributed by atoms with Crippen LogP contribution in [0.5, 0.6) is 0 Å². The maximum atomic E-state index is 12.6. The molecule has 0 aromatic heterocycles. The first-order valence-electron chi connectivity index (χ1n) is 13.7. The van der Waals surface area contributed by atoms with Crippen molar-refractivity contribution in [2.24, 2.45) is 34.5 Å². The first kappa shape index (κ1) is 25.4. The number of ether oxygens (including phenoxy) is 2. The lowest BCUT2D eigenvalue weighted by Crippen LogP contribution is -2.65. The average molecular weight is 493 g/mol. The van der Waals surface area contributed by atoms with Gasteiger partial charge in [-0.2, -0.15) is 0 Å². The Morgan fingerprint density at radius 1 is 0.941 bits per heavy atom. The van der Waals surface area contributed by atoms with Crippen LogP contribution < -0.4 is 0 Å². The summed E-state index contributed by atoms with van der Waals surface area (Å²) in [5.41, 5.74) is 0.0479. The smallest absolute Gasteiger partial charge is 0.192 e. The van der Waals surface area contributed by atoms with E-state index in [1.807, 2.05) is 13.8 Å². The van der Waals surface area contributed by atoms with Crippen molar-refractivity contribution in [2.45, 2.75) is 135 Å². The monoisotopic (exact) mass is 492 g/mol. The maximum absolute atomic E-state index is 12.6. The number of rotatable bonds is 2. The van der Waals surface area contributed by atoms with E-state index >= 15 is 0 Å². The minimum Gasteiger partial charge on any atom is -0.413 e. The molecule has 1 aliphatic heterocycles. The summed E-state index contributed by atoms with van der Waals surface area (Å²) in [6.07, 6.45) is 4.99. The highest BCUT2D eigenvalue weighted by Gasteiger charge is 2.69. The third-order valence-corrected chi connectivity index (χ3v) is 16.0. The molecule has 5 nitrogen and oxygen atoms in total. The first-order chi connectivity index (χ1) is 15.5. The number of ketones is 1. The lowest BCUT2D eigenvalue weighted by molar-refractivity contribution is -0.194. The zero-order valence-corrected chi connectivity index (χ0v) is 23.9. The van der Waals surface area contributed by atoms with E-state index in [0.29, 0.717) is 36.7 Å². The predicted molar refractivity (Wildman–Crippen MR) is 135 cm³/mol. The second-order valence-electron chi connectivity index (χ2n) is 14.8. The Kier molecular flexibility index (Phi) is 5.69. The van der Waals surface area contributed by atoms with Crippen LogP contribution in [0.1, 0.15) is 87.0 Å². The van der Waals surface area contributed by atoms with Gasteiger partial charge in [-0.1, -0.05) is 34.6 Å². The van der Waals surface area contributed by atoms with Gasteiger partial charge in [-0.05, 0) is 92.7 Å². The number of fused-ring (bicyclic) bond motifs is 8. The van der Waals surface area contributed by atoms with Crippen LogP contribution in [-0.2, 0) is 18.7 Å². The van der Waals surface area contributed by atoms with Crippen LogP contribution in [0.2, 0.25) is 18.1 Å². The highest BCUT2D eigenvalue weighted by molar-refractivity contribution is 6.74. The Balaban J connectivity index is 1.51. The maximum Gasteiger partial charge on any atom is 0.192 e. The average Bonchev–Trinajstić information content (AvgIpc) is 3.18. The molecule has 6 heteroatoms. The Morgan fingerprint density at radius 2 is 1.56 bits per heavy atom. The number of carbonyl (C=O) groups excluding carboxylic acids is 1. The molecule has 0 radical (unpaired) electrons. The molecule has 0 amide bonds. The Hall–Kier alpha value is -0.273. The molecule has 0 bridgehead atoms. The van der Waals surface area contributed by atoms with E-state index in [4.69, 9.17) is 13.9 Å². The van der Waals surface area contributed by atoms with Crippen LogP contribution in [0.25, 0.3) is 0 Å². The highest BCUT2D eigenvalue weighted by atomic mass is 28.4. The molecular weight excluding hydrogens is 444 g/mol. The Bertz CT molecular complexity index is 848. The van der Waals surface area contributed by atoms with E-state index in [1.165, 1.54) is 6.42 Å². The zero-order chi connectivity index (χ0) is 25.1. The van der Waals surface area contributed by atoms with E-state index in [9.17, 15) is 9.90 Å². The summed E-state index contributed by atoms with van der Waals surface area (Å²) in [6, 6.07) is 0. The van der Waals surface area contributed by atoms with Gasteiger partial charge in [0.2, 0.25) is 0 Å². The molecule has 8 unspecified atom stereocenters. The van der Waals surface area contributed by atoms with Crippen LogP contribution in [0.3, 0.4) is 0 Å². The number of aliphatic hydroxyl groups excluding tert-OH is 1. The van der Waals surface area contributed by atoms with Crippen LogP contribution in [0, 0.1) is 34.5 Å². The molecule has 5 aliphatic rings. The van der Waals surface area contributed by atoms with Crippen molar-refractivity contribution < 1.29 is 23.8 Å². The highest BCUT2D eigenvalue weighted by Crippen LogP contribution is 2.68. The first-order valence-corrected chi connectivity index (χ1v) is 16.7. The SMILES string of the molecule is CC1(C)OC2C(O1)C1CC(=O)C(O)C[C@]1(C)C1CC[C@]3(C)C(O[Si](C)(C)C(C)(C)C)CCC3C21. The van der Waals surface area contributed by atoms with E-state index < -0.39 is 20.2 Å². The van der Waals surface area contributed by atoms with Crippen molar-refractivity contribution in [2.75, 3.05) is 0 Å². The quantitative estimate of drug-likeness (QED) is 0.501. The summed E-state index contributed by atoms with van der Waals surface area (Å²) in [5, 5.41) is 10.9. The minimum atomic E-state index is -1.87. The Labute approximate surface area is 207 Å². The van der Waals surface area contributed by atoms with E-state index in [-0.39, 0.29) is 39.8 Å². The predicted octanol–water partition coefficient (Wildman–Crippen LogP) is 5.70. The molecule has 1 heterocycles. The van der Waals surface area contributed by atoms with Gasteiger partial charge in [-0.15, -0.1) is 0 Å². The van der Waals surface area contributed by atoms with E-state index in [1.54, 1.807) is 0 Å². The van der Waals surface area contributed by atoms with Gasteiger partial charge in [0.15, 0.2) is 19.9 Å². The van der Waals surface area contributed by atoms with E-state index in [0.717, 1.165) is 19.3 Å². The number of carbonyl (C=O) groups is 1. The second-order valence-corrected chi connectivity index (χ2v) is 19.6. The lowest BCUT2D eigenvalue weighted by Gasteiger charge is -2.63. The van der Waals surface area contributed by atoms with E-state index in [2.05, 4.69) is 47.7 Å². The normalized spacial score (nSPS) is 50.4. The van der Waals surface area contributed by atoms with Gasteiger partial charge in [0.25, 0.3) is 0 Å². The second kappa shape index (κ2) is 7.63. The van der Waals surface area contributed by atoms with Gasteiger partial charge in [0.1, 0.15) is 6.10 Å². The number of aliphatic hydroxyl groups is 1. The van der Waals surface area contributed by atoms with Gasteiger partial charge < -0.3 is 19.0 Å². The fourth-order valence-electron chi connectivity index (χ4n) is 8.71. The largest absolute Gasteiger partial charge is 0.413 e. The molecular formula is C28H48O5Si. The van der Waals surface area contributed by atoms with Crippen molar-refractivity contribution in [3.05, 3.63) is 0 Å². The fraction of sp³-hybridized carbons (Fsp3) is 0.964. The zero-order valence-electron chi connectivity index (χ0n) is 22.9. The molecule has 194 valence electrons. The third kappa shape index (κ3) is 3.56. The molecule has 4 saturated carbocycles. The number of hydrogen-bond acceptors (Lipinski definition) is 5. The molecule has 34 heavy (non-hydrogen) atoms. The molecule has 0 aromatic carbocycles. The minimum absolute atomic E-state index is 0.0164. The van der Waals surface area contributed by atoms with Crippen LogP contribution in [0.4, 0.5) is 0 Å².